The van der Waals surface area contributed by atoms with Gasteiger partial charge >= 0.3 is 12.3 Å². The Morgan fingerprint density at radius 2 is 1.94 bits per heavy atom. The lowest BCUT2D eigenvalue weighted by atomic mass is 10.1. The van der Waals surface area contributed by atoms with Gasteiger partial charge in [-0.1, -0.05) is 12.1 Å². The summed E-state index contributed by atoms with van der Waals surface area (Å²) in [6, 6.07) is 5.60. The van der Waals surface area contributed by atoms with Crippen molar-refractivity contribution in [1.29, 1.82) is 0 Å². The Bertz CT molecular complexity index is 1070. The Kier molecular flexibility index (Phi) is 7.63. The predicted molar refractivity (Wildman–Crippen MR) is 111 cm³/mol. The van der Waals surface area contributed by atoms with Crippen LogP contribution in [0.2, 0.25) is 0 Å². The predicted octanol–water partition coefficient (Wildman–Crippen LogP) is 1.75. The van der Waals surface area contributed by atoms with Crippen molar-refractivity contribution in [3.05, 3.63) is 47.7 Å². The van der Waals surface area contributed by atoms with E-state index in [-0.39, 0.29) is 36.7 Å². The van der Waals surface area contributed by atoms with E-state index in [4.69, 9.17) is 15.6 Å². The number of nitrogens with one attached hydrogen (secondary N) is 1. The van der Waals surface area contributed by atoms with Crippen LogP contribution in [0.4, 0.5) is 27.8 Å². The first-order chi connectivity index (χ1) is 16.4. The highest BCUT2D eigenvalue weighted by molar-refractivity contribution is 5.94. The quantitative estimate of drug-likeness (QED) is 0.468. The molecule has 2 amide bonds. The number of amides is 2. The molecule has 0 saturated carbocycles. The number of aliphatic hydroxyl groups excluding tert-OH is 1. The van der Waals surface area contributed by atoms with Crippen LogP contribution >= 0.6 is 0 Å². The van der Waals surface area contributed by atoms with Crippen LogP contribution in [0.15, 0.2) is 36.5 Å². The number of alkyl halides is 5. The summed E-state index contributed by atoms with van der Waals surface area (Å²) in [7, 11) is 0. The molecule has 2 aromatic rings. The van der Waals surface area contributed by atoms with Crippen LogP contribution in [0.1, 0.15) is 15.9 Å². The average molecular weight is 504 g/mol. The molecule has 4 N–H and O–H groups in total. The van der Waals surface area contributed by atoms with Crippen LogP contribution in [-0.4, -0.2) is 71.4 Å². The normalized spacial score (nSPS) is 17.2. The van der Waals surface area contributed by atoms with Gasteiger partial charge in [-0.25, -0.2) is 13.8 Å². The van der Waals surface area contributed by atoms with Crippen LogP contribution in [0.5, 0.6) is 11.5 Å². The van der Waals surface area contributed by atoms with Gasteiger partial charge in [-0.05, 0) is 23.8 Å². The minimum absolute atomic E-state index is 0.0325. The number of benzene rings is 1. The molecule has 9 nitrogen and oxygen atoms in total. The molecule has 0 bridgehead atoms. The Morgan fingerprint density at radius 3 is 2.57 bits per heavy atom. The number of carbonyl (C=O) groups excluding carboxylic acids is 2. The minimum atomic E-state index is -4.87. The summed E-state index contributed by atoms with van der Waals surface area (Å²) in [5, 5.41) is 11.2. The third kappa shape index (κ3) is 6.91. The number of hydrogen-bond donors (Lipinski definition) is 3. The van der Waals surface area contributed by atoms with E-state index in [1.807, 2.05) is 0 Å². The van der Waals surface area contributed by atoms with Crippen LogP contribution in [-0.2, 0) is 11.2 Å². The fourth-order valence-electron chi connectivity index (χ4n) is 3.26. The fraction of sp³-hybridized carbons (Fsp3) is 0.381. The number of aromatic nitrogens is 1. The van der Waals surface area contributed by atoms with Crippen molar-refractivity contribution in [1.82, 2.24) is 15.2 Å². The van der Waals surface area contributed by atoms with Crippen molar-refractivity contribution in [3.63, 3.8) is 0 Å². The SMILES string of the molecule is Nc1ncc(C(=O)NCCO)cc1O[C@@H]1CN(C(=O)Cc2ccc(OC(F)(F)F)cc2)CC1(F)F. The molecular formula is C21H21F5N4O5. The van der Waals surface area contributed by atoms with E-state index >= 15 is 0 Å². The third-order valence-corrected chi connectivity index (χ3v) is 4.93. The van der Waals surface area contributed by atoms with Crippen molar-refractivity contribution in [3.8, 4) is 11.5 Å². The smallest absolute Gasteiger partial charge is 0.478 e. The number of anilines is 1. The second kappa shape index (κ2) is 10.3. The van der Waals surface area contributed by atoms with Crippen LogP contribution in [0, 0.1) is 0 Å². The highest BCUT2D eigenvalue weighted by atomic mass is 19.4. The molecule has 0 unspecified atom stereocenters. The number of ether oxygens (including phenoxy) is 2. The molecule has 1 atom stereocenters. The lowest BCUT2D eigenvalue weighted by molar-refractivity contribution is -0.274. The highest BCUT2D eigenvalue weighted by Gasteiger charge is 2.51. The van der Waals surface area contributed by atoms with Gasteiger partial charge in [0.05, 0.1) is 31.7 Å². The fourth-order valence-corrected chi connectivity index (χ4v) is 3.26. The lowest BCUT2D eigenvalue weighted by Gasteiger charge is -2.20. The maximum atomic E-state index is 14.6. The molecule has 3 rings (SSSR count). The van der Waals surface area contributed by atoms with Gasteiger partial charge < -0.3 is 30.5 Å². The number of pyridine rings is 1. The van der Waals surface area contributed by atoms with Crippen molar-refractivity contribution in [2.45, 2.75) is 24.8 Å². The molecule has 1 saturated heterocycles. The van der Waals surface area contributed by atoms with Crippen molar-refractivity contribution < 1.29 is 46.1 Å². The van der Waals surface area contributed by atoms with E-state index in [1.165, 1.54) is 12.1 Å². The second-order valence-electron chi connectivity index (χ2n) is 7.60. The number of likely N-dealkylation sites (tertiary alicyclic amines) is 1. The third-order valence-electron chi connectivity index (χ3n) is 4.93. The zero-order valence-corrected chi connectivity index (χ0v) is 18.0. The minimum Gasteiger partial charge on any atom is -0.478 e. The van der Waals surface area contributed by atoms with Crippen LogP contribution < -0.4 is 20.5 Å². The molecule has 1 fully saturated rings. The Balaban J connectivity index is 1.65. The van der Waals surface area contributed by atoms with E-state index in [1.54, 1.807) is 0 Å². The maximum Gasteiger partial charge on any atom is 0.573 e. The maximum absolute atomic E-state index is 14.6. The Morgan fingerprint density at radius 1 is 1.26 bits per heavy atom. The van der Waals surface area contributed by atoms with E-state index in [2.05, 4.69) is 15.0 Å². The zero-order valence-electron chi connectivity index (χ0n) is 18.0. The number of rotatable bonds is 8. The highest BCUT2D eigenvalue weighted by Crippen LogP contribution is 2.33. The number of hydrogen-bond acceptors (Lipinski definition) is 7. The molecule has 1 aliphatic heterocycles. The molecule has 14 heteroatoms. The van der Waals surface area contributed by atoms with Gasteiger partial charge in [0.1, 0.15) is 5.75 Å². The number of aliphatic hydroxyl groups is 1. The van der Waals surface area contributed by atoms with Gasteiger partial charge in [0.25, 0.3) is 5.91 Å². The van der Waals surface area contributed by atoms with E-state index < -0.39 is 49.0 Å². The van der Waals surface area contributed by atoms with Crippen molar-refractivity contribution in [2.24, 2.45) is 0 Å². The Labute approximate surface area is 195 Å². The largest absolute Gasteiger partial charge is 0.573 e. The first-order valence-electron chi connectivity index (χ1n) is 10.2. The first-order valence-corrected chi connectivity index (χ1v) is 10.2. The summed E-state index contributed by atoms with van der Waals surface area (Å²) < 4.78 is 75.0. The van der Waals surface area contributed by atoms with Crippen LogP contribution in [0.25, 0.3) is 0 Å². The molecule has 1 aromatic heterocycles. The van der Waals surface area contributed by atoms with Gasteiger partial charge in [-0.15, -0.1) is 13.2 Å². The lowest BCUT2D eigenvalue weighted by Crippen LogP contribution is -2.36. The average Bonchev–Trinajstić information content (AvgIpc) is 3.08. The number of nitrogens with two attached hydrogens (primary N) is 1. The summed E-state index contributed by atoms with van der Waals surface area (Å²) in [5.74, 6) is -5.78. The molecule has 0 spiro atoms. The summed E-state index contributed by atoms with van der Waals surface area (Å²) in [5.41, 5.74) is 5.96. The Hall–Kier alpha value is -3.68. The molecule has 35 heavy (non-hydrogen) atoms. The monoisotopic (exact) mass is 504 g/mol. The van der Waals surface area contributed by atoms with Crippen molar-refractivity contribution in [2.75, 3.05) is 32.0 Å². The topological polar surface area (TPSA) is 127 Å². The molecule has 0 radical (unpaired) electrons. The molecule has 190 valence electrons. The van der Waals surface area contributed by atoms with E-state index in [0.29, 0.717) is 5.56 Å². The standard InChI is InChI=1S/C21H21F5N4O5/c22-20(23)11-30(17(32)7-12-1-3-14(4-2-12)35-21(24,25)26)10-16(20)34-15-8-13(9-29-18(15)27)19(33)28-5-6-31/h1-4,8-9,16,31H,5-7,10-11H2,(H2,27,29)(H,28,33)/t16-/m1/s1. The number of halogens is 5. The van der Waals surface area contributed by atoms with Gasteiger partial charge in [0.15, 0.2) is 17.7 Å². The van der Waals surface area contributed by atoms with E-state index in [9.17, 15) is 31.5 Å². The number of nitrogens with zero attached hydrogens (tertiary/aromatic N) is 2. The molecule has 2 heterocycles. The molecular weight excluding hydrogens is 483 g/mol. The molecule has 0 aliphatic carbocycles. The molecule has 1 aromatic carbocycles. The number of nitrogen functional groups attached to an aromatic ring is 1. The summed E-state index contributed by atoms with van der Waals surface area (Å²) in [6.45, 7) is -1.78. The van der Waals surface area contributed by atoms with Gasteiger partial charge in [0, 0.05) is 12.7 Å². The van der Waals surface area contributed by atoms with E-state index in [0.717, 1.165) is 29.3 Å². The van der Waals surface area contributed by atoms with Crippen molar-refractivity contribution >= 4 is 17.6 Å². The number of carbonyl (C=O) groups is 2. The second-order valence-corrected chi connectivity index (χ2v) is 7.60. The van der Waals surface area contributed by atoms with Gasteiger partial charge in [-0.2, -0.15) is 0 Å². The zero-order chi connectivity index (χ0) is 25.8. The summed E-state index contributed by atoms with van der Waals surface area (Å²) >= 11 is 0. The summed E-state index contributed by atoms with van der Waals surface area (Å²) in [4.78, 5) is 29.2. The van der Waals surface area contributed by atoms with Crippen LogP contribution in [0.3, 0.4) is 0 Å². The van der Waals surface area contributed by atoms with Gasteiger partial charge in [0.2, 0.25) is 5.91 Å². The van der Waals surface area contributed by atoms with Gasteiger partial charge in [-0.3, -0.25) is 9.59 Å². The molecule has 1 aliphatic rings. The first kappa shape index (κ1) is 25.9. The summed E-state index contributed by atoms with van der Waals surface area (Å²) in [6.07, 6.45) is -5.87.